The Labute approximate surface area is 123 Å². The molecular formula is C13H22N4O2S. The van der Waals surface area contributed by atoms with Gasteiger partial charge in [-0.25, -0.2) is 4.98 Å². The Bertz CT molecular complexity index is 445. The number of nitrogens with zero attached hydrogens (tertiary/aromatic N) is 2. The Kier molecular flexibility index (Phi) is 7.64. The van der Waals surface area contributed by atoms with Gasteiger partial charge in [-0.05, 0) is 20.3 Å². The van der Waals surface area contributed by atoms with Gasteiger partial charge in [-0.3, -0.25) is 9.79 Å². The molecule has 7 heteroatoms. The standard InChI is InChI=1S/C13H22N4O2S/c1-4-19-12(18)6-5-7-15-13(14-3)17-9-11-16-8-10(2)20-11/h8H,4-7,9H2,1-3H3,(H2,14,15,17). The van der Waals surface area contributed by atoms with Gasteiger partial charge in [0, 0.05) is 31.1 Å². The number of aryl methyl sites for hydroxylation is 1. The molecule has 20 heavy (non-hydrogen) atoms. The van der Waals surface area contributed by atoms with Gasteiger partial charge >= 0.3 is 5.97 Å². The summed E-state index contributed by atoms with van der Waals surface area (Å²) in [6.07, 6.45) is 3.00. The first-order valence-corrected chi connectivity index (χ1v) is 7.48. The van der Waals surface area contributed by atoms with Gasteiger partial charge in [-0.1, -0.05) is 0 Å². The Morgan fingerprint density at radius 3 is 2.90 bits per heavy atom. The molecule has 0 radical (unpaired) electrons. The Balaban J connectivity index is 2.18. The maximum Gasteiger partial charge on any atom is 0.305 e. The second-order valence-electron chi connectivity index (χ2n) is 4.13. The van der Waals surface area contributed by atoms with E-state index in [1.54, 1.807) is 18.4 Å². The minimum atomic E-state index is -0.157. The topological polar surface area (TPSA) is 75.6 Å². The molecule has 2 N–H and O–H groups in total. The van der Waals surface area contributed by atoms with Crippen LogP contribution in [-0.2, 0) is 16.1 Å². The van der Waals surface area contributed by atoms with Crippen molar-refractivity contribution in [1.29, 1.82) is 0 Å². The zero-order valence-electron chi connectivity index (χ0n) is 12.2. The van der Waals surface area contributed by atoms with E-state index in [2.05, 4.69) is 20.6 Å². The molecule has 1 aromatic rings. The highest BCUT2D eigenvalue weighted by Gasteiger charge is 2.03. The van der Waals surface area contributed by atoms with Crippen LogP contribution in [-0.4, -0.2) is 37.1 Å². The first-order chi connectivity index (χ1) is 9.65. The quantitative estimate of drug-likeness (QED) is 0.345. The summed E-state index contributed by atoms with van der Waals surface area (Å²) in [5, 5.41) is 7.36. The number of thiazole rings is 1. The molecule has 1 heterocycles. The molecule has 0 aliphatic heterocycles. The van der Waals surface area contributed by atoms with Crippen LogP contribution in [0.5, 0.6) is 0 Å². The molecule has 0 amide bonds. The fourth-order valence-corrected chi connectivity index (χ4v) is 2.26. The molecule has 0 unspecified atom stereocenters. The first-order valence-electron chi connectivity index (χ1n) is 6.67. The molecule has 0 fully saturated rings. The number of ether oxygens (including phenoxy) is 1. The number of guanidine groups is 1. The van der Waals surface area contributed by atoms with Gasteiger partial charge in [-0.2, -0.15) is 0 Å². The largest absolute Gasteiger partial charge is 0.466 e. The lowest BCUT2D eigenvalue weighted by Crippen LogP contribution is -2.37. The van der Waals surface area contributed by atoms with Crippen LogP contribution in [0, 0.1) is 6.92 Å². The van der Waals surface area contributed by atoms with E-state index in [4.69, 9.17) is 4.74 Å². The van der Waals surface area contributed by atoms with Crippen LogP contribution in [0.3, 0.4) is 0 Å². The number of aliphatic imine (C=N–C) groups is 1. The van der Waals surface area contributed by atoms with Gasteiger partial charge in [0.1, 0.15) is 5.01 Å². The predicted molar refractivity (Wildman–Crippen MR) is 80.9 cm³/mol. The van der Waals surface area contributed by atoms with E-state index >= 15 is 0 Å². The van der Waals surface area contributed by atoms with Crippen LogP contribution in [0.1, 0.15) is 29.7 Å². The molecule has 112 valence electrons. The summed E-state index contributed by atoms with van der Waals surface area (Å²) in [7, 11) is 1.72. The number of nitrogens with one attached hydrogen (secondary N) is 2. The summed E-state index contributed by atoms with van der Waals surface area (Å²) >= 11 is 1.66. The minimum absolute atomic E-state index is 0.157. The highest BCUT2D eigenvalue weighted by Crippen LogP contribution is 2.10. The summed E-state index contributed by atoms with van der Waals surface area (Å²) in [4.78, 5) is 20.8. The summed E-state index contributed by atoms with van der Waals surface area (Å²) < 4.78 is 4.86. The van der Waals surface area contributed by atoms with Gasteiger partial charge < -0.3 is 15.4 Å². The monoisotopic (exact) mass is 298 g/mol. The molecule has 1 aromatic heterocycles. The van der Waals surface area contributed by atoms with E-state index in [0.717, 1.165) is 11.4 Å². The summed E-state index contributed by atoms with van der Waals surface area (Å²) in [5.41, 5.74) is 0. The number of esters is 1. The van der Waals surface area contributed by atoms with Crippen molar-refractivity contribution in [2.75, 3.05) is 20.2 Å². The SMILES string of the molecule is CCOC(=O)CCCNC(=NC)NCc1ncc(C)s1. The average Bonchev–Trinajstić information content (AvgIpc) is 2.84. The Morgan fingerprint density at radius 2 is 2.30 bits per heavy atom. The molecule has 0 bridgehead atoms. The van der Waals surface area contributed by atoms with Crippen molar-refractivity contribution in [3.05, 3.63) is 16.1 Å². The van der Waals surface area contributed by atoms with E-state index in [1.807, 2.05) is 20.0 Å². The summed E-state index contributed by atoms with van der Waals surface area (Å²) in [6.45, 7) is 5.60. The van der Waals surface area contributed by atoms with E-state index in [-0.39, 0.29) is 5.97 Å². The van der Waals surface area contributed by atoms with E-state index in [1.165, 1.54) is 4.88 Å². The summed E-state index contributed by atoms with van der Waals surface area (Å²) in [5.74, 6) is 0.553. The molecule has 0 spiro atoms. The van der Waals surface area contributed by atoms with E-state index in [0.29, 0.717) is 32.1 Å². The number of carbonyl (C=O) groups is 1. The third-order valence-electron chi connectivity index (χ3n) is 2.46. The van der Waals surface area contributed by atoms with Crippen LogP contribution in [0.25, 0.3) is 0 Å². The smallest absolute Gasteiger partial charge is 0.305 e. The lowest BCUT2D eigenvalue weighted by atomic mass is 10.3. The number of rotatable bonds is 7. The lowest BCUT2D eigenvalue weighted by molar-refractivity contribution is -0.143. The van der Waals surface area contributed by atoms with Crippen molar-refractivity contribution in [1.82, 2.24) is 15.6 Å². The summed E-state index contributed by atoms with van der Waals surface area (Å²) in [6, 6.07) is 0. The molecule has 0 aliphatic carbocycles. The van der Waals surface area contributed by atoms with Crippen molar-refractivity contribution < 1.29 is 9.53 Å². The molecule has 0 saturated heterocycles. The van der Waals surface area contributed by atoms with Crippen LogP contribution < -0.4 is 10.6 Å². The van der Waals surface area contributed by atoms with Crippen LogP contribution in [0.2, 0.25) is 0 Å². The van der Waals surface area contributed by atoms with Crippen LogP contribution in [0.15, 0.2) is 11.2 Å². The molecule has 0 aromatic carbocycles. The molecule has 0 atom stereocenters. The van der Waals surface area contributed by atoms with Crippen molar-refractivity contribution >= 4 is 23.3 Å². The van der Waals surface area contributed by atoms with Crippen molar-refractivity contribution in [2.24, 2.45) is 4.99 Å². The highest BCUT2D eigenvalue weighted by molar-refractivity contribution is 7.11. The third-order valence-corrected chi connectivity index (χ3v) is 3.37. The Hall–Kier alpha value is -1.63. The van der Waals surface area contributed by atoms with E-state index < -0.39 is 0 Å². The van der Waals surface area contributed by atoms with Gasteiger partial charge in [0.05, 0.1) is 13.2 Å². The van der Waals surface area contributed by atoms with Crippen molar-refractivity contribution in [2.45, 2.75) is 33.2 Å². The molecule has 6 nitrogen and oxygen atoms in total. The minimum Gasteiger partial charge on any atom is -0.466 e. The predicted octanol–water partition coefficient (Wildman–Crippen LogP) is 1.46. The van der Waals surface area contributed by atoms with Crippen LogP contribution in [0.4, 0.5) is 0 Å². The zero-order chi connectivity index (χ0) is 14.8. The maximum atomic E-state index is 11.2. The van der Waals surface area contributed by atoms with Crippen molar-refractivity contribution in [3.8, 4) is 0 Å². The maximum absolute atomic E-state index is 11.2. The van der Waals surface area contributed by atoms with Gasteiger partial charge in [0.15, 0.2) is 5.96 Å². The van der Waals surface area contributed by atoms with Crippen LogP contribution >= 0.6 is 11.3 Å². The fourth-order valence-electron chi connectivity index (χ4n) is 1.54. The number of carbonyl (C=O) groups excluding carboxylic acids is 1. The highest BCUT2D eigenvalue weighted by atomic mass is 32.1. The lowest BCUT2D eigenvalue weighted by Gasteiger charge is -2.10. The van der Waals surface area contributed by atoms with E-state index in [9.17, 15) is 4.79 Å². The molecule has 0 saturated carbocycles. The molecule has 0 aliphatic rings. The van der Waals surface area contributed by atoms with Gasteiger partial charge in [-0.15, -0.1) is 11.3 Å². The van der Waals surface area contributed by atoms with Gasteiger partial charge in [0.25, 0.3) is 0 Å². The molecular weight excluding hydrogens is 276 g/mol. The second kappa shape index (κ2) is 9.30. The molecule has 1 rings (SSSR count). The first kappa shape index (κ1) is 16.4. The average molecular weight is 298 g/mol. The normalized spacial score (nSPS) is 11.2. The second-order valence-corrected chi connectivity index (χ2v) is 5.45. The number of hydrogen-bond acceptors (Lipinski definition) is 5. The Morgan fingerprint density at radius 1 is 1.50 bits per heavy atom. The fraction of sp³-hybridized carbons (Fsp3) is 0.615. The van der Waals surface area contributed by atoms with Gasteiger partial charge in [0.2, 0.25) is 0 Å². The number of aromatic nitrogens is 1. The van der Waals surface area contributed by atoms with Crippen molar-refractivity contribution in [3.63, 3.8) is 0 Å². The number of hydrogen-bond donors (Lipinski definition) is 2. The zero-order valence-corrected chi connectivity index (χ0v) is 13.0. The third kappa shape index (κ3) is 6.51.